The molecular weight excluding hydrogens is 241 g/mol. The molecule has 0 spiro atoms. The zero-order chi connectivity index (χ0) is 13.8. The zero-order valence-electron chi connectivity index (χ0n) is 12.1. The Morgan fingerprint density at radius 1 is 1.42 bits per heavy atom. The van der Waals surface area contributed by atoms with Gasteiger partial charge < -0.3 is 10.1 Å². The van der Waals surface area contributed by atoms with Crippen molar-refractivity contribution in [2.24, 2.45) is 0 Å². The highest BCUT2D eigenvalue weighted by molar-refractivity contribution is 5.30. The van der Waals surface area contributed by atoms with Gasteiger partial charge in [-0.25, -0.2) is 4.39 Å². The third-order valence-electron chi connectivity index (χ3n) is 3.82. The SMILES string of the molecule is CCCNC(c1ccc(F)cc1C)C1CCC(C)O1. The number of aryl methyl sites for hydroxylation is 1. The Morgan fingerprint density at radius 2 is 2.21 bits per heavy atom. The zero-order valence-corrected chi connectivity index (χ0v) is 12.1. The van der Waals surface area contributed by atoms with Crippen LogP contribution in [0.3, 0.4) is 0 Å². The average Bonchev–Trinajstić information content (AvgIpc) is 2.78. The molecule has 1 aromatic carbocycles. The lowest BCUT2D eigenvalue weighted by molar-refractivity contribution is 0.0314. The number of hydrogen-bond donors (Lipinski definition) is 1. The number of hydrogen-bond acceptors (Lipinski definition) is 2. The van der Waals surface area contributed by atoms with Gasteiger partial charge in [-0.1, -0.05) is 13.0 Å². The van der Waals surface area contributed by atoms with Crippen LogP contribution in [0.4, 0.5) is 4.39 Å². The summed E-state index contributed by atoms with van der Waals surface area (Å²) in [6, 6.07) is 5.21. The maximum absolute atomic E-state index is 13.3. The second-order valence-corrected chi connectivity index (χ2v) is 5.50. The van der Waals surface area contributed by atoms with Gasteiger partial charge in [-0.05, 0) is 62.9 Å². The molecule has 1 N–H and O–H groups in total. The van der Waals surface area contributed by atoms with E-state index in [1.165, 1.54) is 0 Å². The predicted molar refractivity (Wildman–Crippen MR) is 75.7 cm³/mol. The summed E-state index contributed by atoms with van der Waals surface area (Å²) < 4.78 is 19.3. The number of halogens is 1. The lowest BCUT2D eigenvalue weighted by Gasteiger charge is -2.26. The standard InChI is InChI=1S/C16H24FNO/c1-4-9-18-16(15-8-5-12(3)19-15)14-7-6-13(17)10-11(14)2/h6-7,10,12,15-16,18H,4-5,8-9H2,1-3H3. The molecule has 0 saturated carbocycles. The second-order valence-electron chi connectivity index (χ2n) is 5.50. The smallest absolute Gasteiger partial charge is 0.123 e. The first-order valence-corrected chi connectivity index (χ1v) is 7.26. The van der Waals surface area contributed by atoms with Crippen LogP contribution in [-0.2, 0) is 4.74 Å². The molecule has 106 valence electrons. The van der Waals surface area contributed by atoms with Crippen molar-refractivity contribution in [3.8, 4) is 0 Å². The van der Waals surface area contributed by atoms with Crippen LogP contribution in [0.5, 0.6) is 0 Å². The third-order valence-corrected chi connectivity index (χ3v) is 3.82. The summed E-state index contributed by atoms with van der Waals surface area (Å²) in [6.45, 7) is 7.20. The van der Waals surface area contributed by atoms with Crippen LogP contribution in [0.2, 0.25) is 0 Å². The fourth-order valence-electron chi connectivity index (χ4n) is 2.81. The van der Waals surface area contributed by atoms with E-state index in [2.05, 4.69) is 19.2 Å². The number of rotatable bonds is 5. The predicted octanol–water partition coefficient (Wildman–Crippen LogP) is 3.74. The average molecular weight is 265 g/mol. The van der Waals surface area contributed by atoms with Crippen LogP contribution in [0.15, 0.2) is 18.2 Å². The lowest BCUT2D eigenvalue weighted by atomic mass is 9.95. The highest BCUT2D eigenvalue weighted by Crippen LogP contribution is 2.31. The highest BCUT2D eigenvalue weighted by atomic mass is 19.1. The molecule has 1 fully saturated rings. The van der Waals surface area contributed by atoms with Crippen LogP contribution in [0.1, 0.15) is 50.3 Å². The lowest BCUT2D eigenvalue weighted by Crippen LogP contribution is -2.33. The van der Waals surface area contributed by atoms with Gasteiger partial charge in [0, 0.05) is 0 Å². The van der Waals surface area contributed by atoms with Gasteiger partial charge in [0.15, 0.2) is 0 Å². The molecule has 2 rings (SSSR count). The van der Waals surface area contributed by atoms with Gasteiger partial charge in [-0.15, -0.1) is 0 Å². The Morgan fingerprint density at radius 3 is 2.79 bits per heavy atom. The van der Waals surface area contributed by atoms with Crippen molar-refractivity contribution in [2.75, 3.05) is 6.54 Å². The minimum atomic E-state index is -0.170. The molecule has 0 aromatic heterocycles. The van der Waals surface area contributed by atoms with Crippen molar-refractivity contribution in [3.63, 3.8) is 0 Å². The Labute approximate surface area is 115 Å². The van der Waals surface area contributed by atoms with Gasteiger partial charge in [0.25, 0.3) is 0 Å². The van der Waals surface area contributed by atoms with Gasteiger partial charge in [0.1, 0.15) is 5.82 Å². The van der Waals surface area contributed by atoms with Gasteiger partial charge in [0.05, 0.1) is 18.2 Å². The molecule has 0 amide bonds. The topological polar surface area (TPSA) is 21.3 Å². The largest absolute Gasteiger partial charge is 0.373 e. The molecule has 3 unspecified atom stereocenters. The molecule has 0 radical (unpaired) electrons. The van der Waals surface area contributed by atoms with E-state index in [0.717, 1.165) is 36.9 Å². The van der Waals surface area contributed by atoms with Crippen molar-refractivity contribution in [1.82, 2.24) is 5.32 Å². The van der Waals surface area contributed by atoms with Crippen molar-refractivity contribution in [2.45, 2.75) is 58.3 Å². The van der Waals surface area contributed by atoms with Gasteiger partial charge >= 0.3 is 0 Å². The van der Waals surface area contributed by atoms with Crippen LogP contribution >= 0.6 is 0 Å². The van der Waals surface area contributed by atoms with E-state index in [9.17, 15) is 4.39 Å². The van der Waals surface area contributed by atoms with Crippen LogP contribution < -0.4 is 5.32 Å². The van der Waals surface area contributed by atoms with Crippen molar-refractivity contribution >= 4 is 0 Å². The highest BCUT2D eigenvalue weighted by Gasteiger charge is 2.31. The quantitative estimate of drug-likeness (QED) is 0.875. The number of ether oxygens (including phenoxy) is 1. The molecule has 2 nitrogen and oxygen atoms in total. The monoisotopic (exact) mass is 265 g/mol. The van der Waals surface area contributed by atoms with E-state index in [4.69, 9.17) is 4.74 Å². The fraction of sp³-hybridized carbons (Fsp3) is 0.625. The first-order chi connectivity index (χ1) is 9.11. The first-order valence-electron chi connectivity index (χ1n) is 7.26. The molecule has 3 atom stereocenters. The molecule has 1 heterocycles. The van der Waals surface area contributed by atoms with Crippen molar-refractivity contribution in [1.29, 1.82) is 0 Å². The second kappa shape index (κ2) is 6.49. The summed E-state index contributed by atoms with van der Waals surface area (Å²) in [7, 11) is 0. The van der Waals surface area contributed by atoms with E-state index in [0.29, 0.717) is 6.10 Å². The summed E-state index contributed by atoms with van der Waals surface area (Å²) in [5, 5.41) is 3.56. The molecule has 3 heteroatoms. The summed E-state index contributed by atoms with van der Waals surface area (Å²) in [4.78, 5) is 0. The van der Waals surface area contributed by atoms with E-state index in [1.54, 1.807) is 12.1 Å². The van der Waals surface area contributed by atoms with Gasteiger partial charge in [-0.3, -0.25) is 0 Å². The van der Waals surface area contributed by atoms with Crippen molar-refractivity contribution < 1.29 is 9.13 Å². The Bertz CT molecular complexity index is 421. The summed E-state index contributed by atoms with van der Waals surface area (Å²) in [6.07, 6.45) is 3.79. The minimum Gasteiger partial charge on any atom is -0.373 e. The van der Waals surface area contributed by atoms with E-state index < -0.39 is 0 Å². The fourth-order valence-corrected chi connectivity index (χ4v) is 2.81. The molecular formula is C16H24FNO. The molecule has 0 aliphatic carbocycles. The number of benzene rings is 1. The Balaban J connectivity index is 2.21. The summed E-state index contributed by atoms with van der Waals surface area (Å²) in [5.41, 5.74) is 2.16. The van der Waals surface area contributed by atoms with Crippen LogP contribution in [-0.4, -0.2) is 18.8 Å². The molecule has 1 saturated heterocycles. The first kappa shape index (κ1) is 14.5. The maximum atomic E-state index is 13.3. The van der Waals surface area contributed by atoms with E-state index in [1.807, 2.05) is 13.0 Å². The summed E-state index contributed by atoms with van der Waals surface area (Å²) in [5.74, 6) is -0.170. The molecule has 1 aliphatic heterocycles. The van der Waals surface area contributed by atoms with Crippen molar-refractivity contribution in [3.05, 3.63) is 35.1 Å². The van der Waals surface area contributed by atoms with E-state index >= 15 is 0 Å². The minimum absolute atomic E-state index is 0.170. The molecule has 1 aliphatic rings. The van der Waals surface area contributed by atoms with E-state index in [-0.39, 0.29) is 18.0 Å². The van der Waals surface area contributed by atoms with Gasteiger partial charge in [0.2, 0.25) is 0 Å². The maximum Gasteiger partial charge on any atom is 0.123 e. The van der Waals surface area contributed by atoms with Crippen LogP contribution in [0, 0.1) is 12.7 Å². The Hall–Kier alpha value is -0.930. The summed E-state index contributed by atoms with van der Waals surface area (Å²) >= 11 is 0. The molecule has 0 bridgehead atoms. The number of nitrogens with one attached hydrogen (secondary N) is 1. The Kier molecular flexibility index (Phi) is 4.94. The van der Waals surface area contributed by atoms with Crippen LogP contribution in [0.25, 0.3) is 0 Å². The molecule has 1 aromatic rings. The normalized spacial score (nSPS) is 24.6. The molecule has 19 heavy (non-hydrogen) atoms. The van der Waals surface area contributed by atoms with Gasteiger partial charge in [-0.2, -0.15) is 0 Å². The third kappa shape index (κ3) is 3.54.